The number of hydrogen-bond donors (Lipinski definition) is 1. The molecular formula is C18H29N3O3. The molecule has 0 bridgehead atoms. The van der Waals surface area contributed by atoms with Gasteiger partial charge in [0.25, 0.3) is 0 Å². The van der Waals surface area contributed by atoms with Crippen molar-refractivity contribution in [1.82, 2.24) is 15.1 Å². The van der Waals surface area contributed by atoms with Gasteiger partial charge in [0, 0.05) is 24.7 Å². The molecule has 0 saturated carbocycles. The fraction of sp³-hybridized carbons (Fsp3) is 0.556. The molecule has 134 valence electrons. The van der Waals surface area contributed by atoms with Crippen molar-refractivity contribution in [3.63, 3.8) is 0 Å². The molecule has 2 amide bonds. The molecule has 1 aromatic rings. The molecule has 0 atom stereocenters. The number of benzene rings is 1. The average Bonchev–Trinajstić information content (AvgIpc) is 2.45. The van der Waals surface area contributed by atoms with E-state index in [4.69, 9.17) is 4.74 Å². The molecule has 0 aliphatic heterocycles. The summed E-state index contributed by atoms with van der Waals surface area (Å²) in [6.45, 7) is 6.62. The lowest BCUT2D eigenvalue weighted by atomic mass is 10.1. The van der Waals surface area contributed by atoms with Gasteiger partial charge in [0.15, 0.2) is 0 Å². The summed E-state index contributed by atoms with van der Waals surface area (Å²) >= 11 is 0. The molecule has 0 unspecified atom stereocenters. The quantitative estimate of drug-likeness (QED) is 0.820. The topological polar surface area (TPSA) is 61.9 Å². The predicted molar refractivity (Wildman–Crippen MR) is 94.9 cm³/mol. The molecule has 1 N–H and O–H groups in total. The number of carbonyl (C=O) groups excluding carboxylic acids is 2. The fourth-order valence-corrected chi connectivity index (χ4v) is 2.29. The van der Waals surface area contributed by atoms with Crippen molar-refractivity contribution in [3.05, 3.63) is 29.8 Å². The van der Waals surface area contributed by atoms with Gasteiger partial charge < -0.3 is 15.0 Å². The van der Waals surface area contributed by atoms with Crippen LogP contribution in [0.25, 0.3) is 0 Å². The zero-order valence-corrected chi connectivity index (χ0v) is 15.5. The lowest BCUT2D eigenvalue weighted by molar-refractivity contribution is -0.132. The second kappa shape index (κ2) is 8.68. The fourth-order valence-electron chi connectivity index (χ4n) is 2.29. The number of ether oxygens (including phenoxy) is 1. The first-order chi connectivity index (χ1) is 11.1. The normalized spacial score (nSPS) is 11.3. The summed E-state index contributed by atoms with van der Waals surface area (Å²) in [6.07, 6.45) is 0. The van der Waals surface area contributed by atoms with Crippen molar-refractivity contribution < 1.29 is 14.3 Å². The second-order valence-electron chi connectivity index (χ2n) is 7.03. The largest absolute Gasteiger partial charge is 0.496 e. The van der Waals surface area contributed by atoms with E-state index in [1.54, 1.807) is 31.0 Å². The highest BCUT2D eigenvalue weighted by Gasteiger charge is 2.18. The second-order valence-corrected chi connectivity index (χ2v) is 7.03. The maximum Gasteiger partial charge on any atom is 0.236 e. The SMILES string of the molecule is COc1ccccc1CN(C)C(=O)CN(C)CC(=O)NC(C)(C)C. The number of carbonyl (C=O) groups is 2. The van der Waals surface area contributed by atoms with Crippen molar-refractivity contribution in [2.24, 2.45) is 0 Å². The van der Waals surface area contributed by atoms with Crippen molar-refractivity contribution in [2.75, 3.05) is 34.3 Å². The van der Waals surface area contributed by atoms with Crippen LogP contribution < -0.4 is 10.1 Å². The Kier molecular flexibility index (Phi) is 7.22. The van der Waals surface area contributed by atoms with E-state index < -0.39 is 0 Å². The van der Waals surface area contributed by atoms with Gasteiger partial charge in [-0.3, -0.25) is 14.5 Å². The van der Waals surface area contributed by atoms with E-state index >= 15 is 0 Å². The maximum atomic E-state index is 12.3. The Hall–Kier alpha value is -2.08. The van der Waals surface area contributed by atoms with E-state index in [2.05, 4.69) is 5.32 Å². The molecule has 0 aromatic heterocycles. The van der Waals surface area contributed by atoms with Gasteiger partial charge in [-0.15, -0.1) is 0 Å². The zero-order chi connectivity index (χ0) is 18.3. The Labute approximate surface area is 144 Å². The van der Waals surface area contributed by atoms with Crippen molar-refractivity contribution >= 4 is 11.8 Å². The number of likely N-dealkylation sites (N-methyl/N-ethyl adjacent to an activating group) is 2. The molecular weight excluding hydrogens is 306 g/mol. The van der Waals surface area contributed by atoms with Gasteiger partial charge in [0.1, 0.15) is 5.75 Å². The van der Waals surface area contributed by atoms with Crippen molar-refractivity contribution in [1.29, 1.82) is 0 Å². The minimum atomic E-state index is -0.275. The summed E-state index contributed by atoms with van der Waals surface area (Å²) in [4.78, 5) is 27.6. The summed E-state index contributed by atoms with van der Waals surface area (Å²) in [5.74, 6) is 0.618. The van der Waals surface area contributed by atoms with Crippen LogP contribution in [-0.2, 0) is 16.1 Å². The summed E-state index contributed by atoms with van der Waals surface area (Å²) in [7, 11) is 5.12. The lowest BCUT2D eigenvalue weighted by Crippen LogP contribution is -2.46. The highest BCUT2D eigenvalue weighted by atomic mass is 16.5. The molecule has 0 aliphatic carbocycles. The average molecular weight is 335 g/mol. The van der Waals surface area contributed by atoms with Gasteiger partial charge in [0.2, 0.25) is 11.8 Å². The molecule has 0 heterocycles. The molecule has 6 nitrogen and oxygen atoms in total. The van der Waals surface area contributed by atoms with Gasteiger partial charge in [0.05, 0.1) is 20.2 Å². The van der Waals surface area contributed by atoms with Gasteiger partial charge in [-0.1, -0.05) is 18.2 Å². The minimum Gasteiger partial charge on any atom is -0.496 e. The Morgan fingerprint density at radius 3 is 2.33 bits per heavy atom. The van der Waals surface area contributed by atoms with Gasteiger partial charge in [-0.25, -0.2) is 0 Å². The van der Waals surface area contributed by atoms with Crippen LogP contribution in [0.3, 0.4) is 0 Å². The van der Waals surface area contributed by atoms with Crippen LogP contribution in [0.2, 0.25) is 0 Å². The van der Waals surface area contributed by atoms with Crippen molar-refractivity contribution in [2.45, 2.75) is 32.9 Å². The first kappa shape index (κ1) is 20.0. The van der Waals surface area contributed by atoms with Gasteiger partial charge in [-0.05, 0) is 33.9 Å². The van der Waals surface area contributed by atoms with Gasteiger partial charge in [-0.2, -0.15) is 0 Å². The highest BCUT2D eigenvalue weighted by molar-refractivity contribution is 5.81. The van der Waals surface area contributed by atoms with E-state index in [-0.39, 0.29) is 30.4 Å². The Bertz CT molecular complexity index is 567. The number of rotatable bonds is 7. The third-order valence-electron chi connectivity index (χ3n) is 3.36. The van der Waals surface area contributed by atoms with E-state index in [0.717, 1.165) is 11.3 Å². The molecule has 6 heteroatoms. The molecule has 0 saturated heterocycles. The number of methoxy groups -OCH3 is 1. The van der Waals surface area contributed by atoms with Crippen LogP contribution in [0.4, 0.5) is 0 Å². The Balaban J connectivity index is 2.53. The molecule has 0 spiro atoms. The lowest BCUT2D eigenvalue weighted by Gasteiger charge is -2.25. The minimum absolute atomic E-state index is 0.0491. The Morgan fingerprint density at radius 2 is 1.75 bits per heavy atom. The van der Waals surface area contributed by atoms with Gasteiger partial charge >= 0.3 is 0 Å². The third kappa shape index (κ3) is 7.00. The number of amides is 2. The van der Waals surface area contributed by atoms with Crippen LogP contribution in [0.1, 0.15) is 26.3 Å². The third-order valence-corrected chi connectivity index (χ3v) is 3.36. The summed E-state index contributed by atoms with van der Waals surface area (Å²) in [6, 6.07) is 7.62. The zero-order valence-electron chi connectivity index (χ0n) is 15.5. The van der Waals surface area contributed by atoms with Crippen LogP contribution in [0.5, 0.6) is 5.75 Å². The van der Waals surface area contributed by atoms with E-state index in [1.807, 2.05) is 45.0 Å². The molecule has 24 heavy (non-hydrogen) atoms. The summed E-state index contributed by atoms with van der Waals surface area (Å²) in [5, 5.41) is 2.89. The molecule has 0 aliphatic rings. The number of para-hydroxylation sites is 1. The van der Waals surface area contributed by atoms with E-state index in [1.165, 1.54) is 0 Å². The Morgan fingerprint density at radius 1 is 1.12 bits per heavy atom. The van der Waals surface area contributed by atoms with Crippen LogP contribution >= 0.6 is 0 Å². The highest BCUT2D eigenvalue weighted by Crippen LogP contribution is 2.18. The molecule has 1 aromatic carbocycles. The summed E-state index contributed by atoms with van der Waals surface area (Å²) in [5.41, 5.74) is 0.673. The van der Waals surface area contributed by atoms with Crippen molar-refractivity contribution in [3.8, 4) is 5.75 Å². The number of nitrogens with one attached hydrogen (secondary N) is 1. The monoisotopic (exact) mass is 335 g/mol. The molecule has 0 fully saturated rings. The standard InChI is InChI=1S/C18H29N3O3/c1-18(2,3)19-16(22)12-20(4)13-17(23)21(5)11-14-9-7-8-10-15(14)24-6/h7-10H,11-13H2,1-6H3,(H,19,22). The maximum absolute atomic E-state index is 12.3. The van der Waals surface area contributed by atoms with Crippen LogP contribution in [0.15, 0.2) is 24.3 Å². The predicted octanol–water partition coefficient (Wildman–Crippen LogP) is 1.50. The van der Waals surface area contributed by atoms with Crippen LogP contribution in [-0.4, -0.2) is 61.4 Å². The number of nitrogens with zero attached hydrogens (tertiary/aromatic N) is 2. The first-order valence-corrected chi connectivity index (χ1v) is 7.98. The molecule has 0 radical (unpaired) electrons. The molecule has 1 rings (SSSR count). The van der Waals surface area contributed by atoms with E-state index in [9.17, 15) is 9.59 Å². The first-order valence-electron chi connectivity index (χ1n) is 7.98. The summed E-state index contributed by atoms with van der Waals surface area (Å²) < 4.78 is 5.30. The van der Waals surface area contributed by atoms with E-state index in [0.29, 0.717) is 6.54 Å². The number of hydrogen-bond acceptors (Lipinski definition) is 4. The smallest absolute Gasteiger partial charge is 0.236 e. The van der Waals surface area contributed by atoms with Crippen LogP contribution in [0, 0.1) is 0 Å².